The minimum Gasteiger partial charge on any atom is -0.366 e. The predicted octanol–water partition coefficient (Wildman–Crippen LogP) is 1.87. The summed E-state index contributed by atoms with van der Waals surface area (Å²) in [6.45, 7) is 0. The number of carbonyl (C=O) groups excluding carboxylic acids is 1. The van der Waals surface area contributed by atoms with Crippen molar-refractivity contribution in [3.63, 3.8) is 0 Å². The number of hydrogen-bond acceptors (Lipinski definition) is 5. The highest BCUT2D eigenvalue weighted by molar-refractivity contribution is 5.93. The molecule has 21 heavy (non-hydrogen) atoms. The molecule has 1 aromatic rings. The van der Waals surface area contributed by atoms with E-state index in [9.17, 15) is 14.9 Å². The van der Waals surface area contributed by atoms with Crippen molar-refractivity contribution < 1.29 is 14.5 Å². The van der Waals surface area contributed by atoms with Crippen LogP contribution < -0.4 is 11.1 Å². The van der Waals surface area contributed by atoms with Crippen LogP contribution in [0.3, 0.4) is 0 Å². The lowest BCUT2D eigenvalue weighted by Gasteiger charge is -2.22. The maximum Gasteiger partial charge on any atom is 0.277 e. The highest BCUT2D eigenvalue weighted by Crippen LogP contribution is 2.29. The van der Waals surface area contributed by atoms with E-state index in [2.05, 4.69) is 5.32 Å². The zero-order valence-corrected chi connectivity index (χ0v) is 11.9. The Kier molecular flexibility index (Phi) is 4.87. The Bertz CT molecular complexity index is 541. The van der Waals surface area contributed by atoms with E-state index >= 15 is 0 Å². The molecule has 1 amide bonds. The predicted molar refractivity (Wildman–Crippen MR) is 76.8 cm³/mol. The first-order chi connectivity index (χ1) is 10.0. The molecule has 2 rings (SSSR count). The van der Waals surface area contributed by atoms with Gasteiger partial charge in [0.2, 0.25) is 5.91 Å². The van der Waals surface area contributed by atoms with E-state index in [1.54, 1.807) is 0 Å². The van der Waals surface area contributed by atoms with Crippen LogP contribution in [0.2, 0.25) is 0 Å². The maximum absolute atomic E-state index is 11.2. The molecule has 1 aromatic carbocycles. The Morgan fingerprint density at radius 3 is 2.67 bits per heavy atom. The van der Waals surface area contributed by atoms with Crippen LogP contribution in [0.5, 0.6) is 0 Å². The van der Waals surface area contributed by atoms with Gasteiger partial charge in [0.15, 0.2) is 0 Å². The van der Waals surface area contributed by atoms with Crippen LogP contribution in [0.4, 0.5) is 5.69 Å². The first-order valence-corrected chi connectivity index (χ1v) is 6.90. The summed E-state index contributed by atoms with van der Waals surface area (Å²) in [5.41, 5.74) is 5.52. The first kappa shape index (κ1) is 15.4. The van der Waals surface area contributed by atoms with Crippen molar-refractivity contribution in [2.24, 2.45) is 5.73 Å². The standard InChI is InChI=1S/C14H19N3O4/c1-21-14(16-10-4-2-3-5-10)11-7-6-9(13(15)18)8-12(11)17(19)20/h6-8,10,14,16H,2-5H2,1H3,(H2,15,18). The van der Waals surface area contributed by atoms with E-state index < -0.39 is 17.1 Å². The van der Waals surface area contributed by atoms with Gasteiger partial charge in [-0.05, 0) is 25.0 Å². The highest BCUT2D eigenvalue weighted by atomic mass is 16.6. The molecule has 114 valence electrons. The van der Waals surface area contributed by atoms with Crippen molar-refractivity contribution in [1.29, 1.82) is 0 Å². The maximum atomic E-state index is 11.2. The molecule has 0 radical (unpaired) electrons. The summed E-state index contributed by atoms with van der Waals surface area (Å²) in [5, 5.41) is 14.5. The van der Waals surface area contributed by atoms with Crippen LogP contribution in [0.25, 0.3) is 0 Å². The average Bonchev–Trinajstić information content (AvgIpc) is 2.97. The summed E-state index contributed by atoms with van der Waals surface area (Å²) in [7, 11) is 1.50. The van der Waals surface area contributed by atoms with Crippen molar-refractivity contribution in [1.82, 2.24) is 5.32 Å². The van der Waals surface area contributed by atoms with Crippen molar-refractivity contribution in [3.05, 3.63) is 39.4 Å². The molecule has 3 N–H and O–H groups in total. The third-order valence-electron chi connectivity index (χ3n) is 3.77. The fourth-order valence-electron chi connectivity index (χ4n) is 2.67. The number of hydrogen-bond donors (Lipinski definition) is 2. The largest absolute Gasteiger partial charge is 0.366 e. The van der Waals surface area contributed by atoms with E-state index in [0.717, 1.165) is 25.7 Å². The number of nitrogens with zero attached hydrogens (tertiary/aromatic N) is 1. The summed E-state index contributed by atoms with van der Waals surface area (Å²) < 4.78 is 5.36. The second kappa shape index (κ2) is 6.64. The fraction of sp³-hybridized carbons (Fsp3) is 0.500. The van der Waals surface area contributed by atoms with Gasteiger partial charge in [-0.1, -0.05) is 12.8 Å². The van der Waals surface area contributed by atoms with Gasteiger partial charge in [-0.3, -0.25) is 20.2 Å². The van der Waals surface area contributed by atoms with Crippen molar-refractivity contribution in [2.75, 3.05) is 7.11 Å². The van der Waals surface area contributed by atoms with Gasteiger partial charge < -0.3 is 10.5 Å². The number of nitro groups is 1. The lowest BCUT2D eigenvalue weighted by molar-refractivity contribution is -0.386. The number of carbonyl (C=O) groups is 1. The van der Waals surface area contributed by atoms with Crippen LogP contribution in [-0.2, 0) is 4.74 Å². The van der Waals surface area contributed by atoms with Crippen LogP contribution >= 0.6 is 0 Å². The number of methoxy groups -OCH3 is 1. The quantitative estimate of drug-likeness (QED) is 0.473. The molecule has 1 atom stereocenters. The minimum absolute atomic E-state index is 0.112. The van der Waals surface area contributed by atoms with Gasteiger partial charge in [-0.2, -0.15) is 0 Å². The zero-order chi connectivity index (χ0) is 15.4. The molecule has 1 unspecified atom stereocenters. The number of amides is 1. The van der Waals surface area contributed by atoms with E-state index in [4.69, 9.17) is 10.5 Å². The van der Waals surface area contributed by atoms with E-state index in [1.807, 2.05) is 0 Å². The molecule has 0 aromatic heterocycles. The Hall–Kier alpha value is -1.99. The third-order valence-corrected chi connectivity index (χ3v) is 3.77. The van der Waals surface area contributed by atoms with Crippen LogP contribution in [0, 0.1) is 10.1 Å². The molecule has 7 nitrogen and oxygen atoms in total. The van der Waals surface area contributed by atoms with Gasteiger partial charge in [-0.15, -0.1) is 0 Å². The van der Waals surface area contributed by atoms with E-state index in [0.29, 0.717) is 11.6 Å². The average molecular weight is 293 g/mol. The summed E-state index contributed by atoms with van der Waals surface area (Å²) in [6, 6.07) is 4.49. The van der Waals surface area contributed by atoms with Gasteiger partial charge in [0, 0.05) is 24.8 Å². The summed E-state index contributed by atoms with van der Waals surface area (Å²) in [6.07, 6.45) is 3.80. The molecule has 1 aliphatic carbocycles. The number of nitrogens with one attached hydrogen (secondary N) is 1. The number of benzene rings is 1. The van der Waals surface area contributed by atoms with Crippen molar-refractivity contribution in [2.45, 2.75) is 38.0 Å². The molecule has 0 bridgehead atoms. The third kappa shape index (κ3) is 3.56. The molecule has 7 heteroatoms. The molecule has 0 aliphatic heterocycles. The van der Waals surface area contributed by atoms with Gasteiger partial charge in [-0.25, -0.2) is 0 Å². The molecular weight excluding hydrogens is 274 g/mol. The van der Waals surface area contributed by atoms with Crippen LogP contribution in [-0.4, -0.2) is 24.0 Å². The molecule has 0 heterocycles. The van der Waals surface area contributed by atoms with Crippen molar-refractivity contribution >= 4 is 11.6 Å². The number of nitrogens with two attached hydrogens (primary N) is 1. The van der Waals surface area contributed by atoms with E-state index in [1.165, 1.54) is 25.3 Å². The van der Waals surface area contributed by atoms with E-state index in [-0.39, 0.29) is 11.3 Å². The number of nitro benzene ring substituents is 1. The molecule has 1 saturated carbocycles. The van der Waals surface area contributed by atoms with Crippen LogP contribution in [0.15, 0.2) is 18.2 Å². The monoisotopic (exact) mass is 293 g/mol. The van der Waals surface area contributed by atoms with Crippen molar-refractivity contribution in [3.8, 4) is 0 Å². The topological polar surface area (TPSA) is 107 Å². The summed E-state index contributed by atoms with van der Waals surface area (Å²) in [5.74, 6) is -0.692. The number of ether oxygens (including phenoxy) is 1. The molecule has 0 saturated heterocycles. The Labute approximate surface area is 122 Å². The summed E-state index contributed by atoms with van der Waals surface area (Å²) >= 11 is 0. The van der Waals surface area contributed by atoms with Gasteiger partial charge in [0.25, 0.3) is 5.69 Å². The molecule has 1 aliphatic rings. The minimum atomic E-state index is -0.692. The van der Waals surface area contributed by atoms with Gasteiger partial charge in [0.05, 0.1) is 10.5 Å². The second-order valence-electron chi connectivity index (χ2n) is 5.16. The lowest BCUT2D eigenvalue weighted by atomic mass is 10.1. The Morgan fingerprint density at radius 2 is 2.14 bits per heavy atom. The fourth-order valence-corrected chi connectivity index (χ4v) is 2.67. The molecular formula is C14H19N3O4. The smallest absolute Gasteiger partial charge is 0.277 e. The normalized spacial score (nSPS) is 16.8. The van der Waals surface area contributed by atoms with Gasteiger partial charge >= 0.3 is 0 Å². The van der Waals surface area contributed by atoms with Crippen LogP contribution in [0.1, 0.15) is 47.8 Å². The second-order valence-corrected chi connectivity index (χ2v) is 5.16. The summed E-state index contributed by atoms with van der Waals surface area (Å²) in [4.78, 5) is 21.9. The highest BCUT2D eigenvalue weighted by Gasteiger charge is 2.26. The first-order valence-electron chi connectivity index (χ1n) is 6.90. The van der Waals surface area contributed by atoms with Gasteiger partial charge in [0.1, 0.15) is 6.23 Å². The molecule has 0 spiro atoms. The Balaban J connectivity index is 2.30. The zero-order valence-electron chi connectivity index (χ0n) is 11.9. The number of primary amides is 1. The lowest BCUT2D eigenvalue weighted by Crippen LogP contribution is -2.32. The SMILES string of the molecule is COC(NC1CCCC1)c1ccc(C(N)=O)cc1[N+](=O)[O-]. The number of rotatable bonds is 6. The molecule has 1 fully saturated rings. The Morgan fingerprint density at radius 1 is 1.48 bits per heavy atom.